The molecule has 1 aromatic carbocycles. The highest BCUT2D eigenvalue weighted by Gasteiger charge is 2.12. The highest BCUT2D eigenvalue weighted by molar-refractivity contribution is 9.50. The fraction of sp³-hybridized carbons (Fsp3) is 0.300. The van der Waals surface area contributed by atoms with Gasteiger partial charge in [-0.3, -0.25) is 4.99 Å². The van der Waals surface area contributed by atoms with Gasteiger partial charge in [-0.25, -0.2) is 0 Å². The highest BCUT2D eigenvalue weighted by atomic mass is 79.9. The van der Waals surface area contributed by atoms with Gasteiger partial charge in [0, 0.05) is 12.0 Å². The molecule has 94 valence electrons. The molecule has 0 aliphatic carbocycles. The zero-order valence-electron chi connectivity index (χ0n) is 9.26. The zero-order chi connectivity index (χ0) is 12.8. The molecular weight excluding hydrogens is 306 g/mol. The maximum atomic E-state index is 9.57. The summed E-state index contributed by atoms with van der Waals surface area (Å²) in [6.45, 7) is 0.314. The van der Waals surface area contributed by atoms with Gasteiger partial charge in [-0.05, 0) is 48.8 Å². The van der Waals surface area contributed by atoms with Crippen molar-refractivity contribution in [2.45, 2.75) is 11.0 Å². The third-order valence-electron chi connectivity index (χ3n) is 2.10. The molecular formula is C10H14BrN3O2S. The van der Waals surface area contributed by atoms with Crippen LogP contribution in [0.2, 0.25) is 0 Å². The standard InChI is InChI=1S/C10H14BrN3O2S/c1-16-9(5-14-10(12)13)6-2-7(15)4-8(3-6)17-11/h2-4,9,15H,5H2,1H3,(H4,12,13,14). The first kappa shape index (κ1) is 14.1. The summed E-state index contributed by atoms with van der Waals surface area (Å²) in [5.74, 6) is 0.193. The molecule has 0 amide bonds. The number of hydrogen-bond acceptors (Lipinski definition) is 4. The maximum Gasteiger partial charge on any atom is 0.186 e. The minimum absolute atomic E-state index is 0.0160. The van der Waals surface area contributed by atoms with Crippen LogP contribution in [0, 0.1) is 0 Å². The van der Waals surface area contributed by atoms with Gasteiger partial charge in [0.25, 0.3) is 0 Å². The SMILES string of the molecule is COC(CN=C(N)N)c1cc(O)cc(SBr)c1. The van der Waals surface area contributed by atoms with Crippen LogP contribution in [0.1, 0.15) is 11.7 Å². The molecule has 0 aliphatic heterocycles. The van der Waals surface area contributed by atoms with Gasteiger partial charge in [0.05, 0.1) is 6.54 Å². The van der Waals surface area contributed by atoms with Crippen molar-refractivity contribution in [3.05, 3.63) is 23.8 Å². The summed E-state index contributed by atoms with van der Waals surface area (Å²) in [4.78, 5) is 4.79. The van der Waals surface area contributed by atoms with Gasteiger partial charge >= 0.3 is 0 Å². The molecule has 0 bridgehead atoms. The Labute approximate surface area is 111 Å². The van der Waals surface area contributed by atoms with Crippen molar-refractivity contribution in [3.63, 3.8) is 0 Å². The van der Waals surface area contributed by atoms with Crippen molar-refractivity contribution in [1.82, 2.24) is 0 Å². The van der Waals surface area contributed by atoms with E-state index < -0.39 is 0 Å². The Morgan fingerprint density at radius 2 is 2.24 bits per heavy atom. The van der Waals surface area contributed by atoms with Crippen LogP contribution in [-0.4, -0.2) is 24.7 Å². The first-order valence-electron chi connectivity index (χ1n) is 4.77. The van der Waals surface area contributed by atoms with E-state index in [1.807, 2.05) is 6.07 Å². The second kappa shape index (κ2) is 6.73. The van der Waals surface area contributed by atoms with Gasteiger partial charge in [0.2, 0.25) is 0 Å². The second-order valence-corrected chi connectivity index (χ2v) is 4.92. The van der Waals surface area contributed by atoms with Crippen molar-refractivity contribution in [2.24, 2.45) is 16.5 Å². The Hall–Kier alpha value is -0.920. The lowest BCUT2D eigenvalue weighted by Gasteiger charge is -2.14. The first-order chi connectivity index (χ1) is 8.06. The number of aromatic hydroxyl groups is 1. The number of hydrogen-bond donors (Lipinski definition) is 3. The average molecular weight is 320 g/mol. The second-order valence-electron chi connectivity index (χ2n) is 3.33. The van der Waals surface area contributed by atoms with Gasteiger partial charge in [-0.2, -0.15) is 0 Å². The van der Waals surface area contributed by atoms with E-state index in [4.69, 9.17) is 16.2 Å². The fourth-order valence-electron chi connectivity index (χ4n) is 1.34. The summed E-state index contributed by atoms with van der Waals surface area (Å²) in [5.41, 5.74) is 11.4. The first-order valence-corrected chi connectivity index (χ1v) is 7.43. The normalized spacial score (nSPS) is 12.1. The molecule has 1 rings (SSSR count). The summed E-state index contributed by atoms with van der Waals surface area (Å²) in [6.07, 6.45) is -0.289. The third-order valence-corrected chi connectivity index (χ3v) is 3.63. The number of benzene rings is 1. The molecule has 0 spiro atoms. The van der Waals surface area contributed by atoms with E-state index in [0.717, 1.165) is 10.5 Å². The molecule has 0 aromatic heterocycles. The van der Waals surface area contributed by atoms with Crippen molar-refractivity contribution in [1.29, 1.82) is 0 Å². The van der Waals surface area contributed by atoms with Crippen LogP contribution in [0.4, 0.5) is 0 Å². The Morgan fingerprint density at radius 3 is 2.76 bits per heavy atom. The number of aliphatic imine (C=N–C) groups is 1. The van der Waals surface area contributed by atoms with Crippen molar-refractivity contribution >= 4 is 31.0 Å². The van der Waals surface area contributed by atoms with Crippen LogP contribution in [0.15, 0.2) is 28.1 Å². The van der Waals surface area contributed by atoms with E-state index in [9.17, 15) is 5.11 Å². The molecule has 17 heavy (non-hydrogen) atoms. The van der Waals surface area contributed by atoms with Crippen molar-refractivity contribution in [3.8, 4) is 5.75 Å². The molecule has 0 heterocycles. The molecule has 1 unspecified atom stereocenters. The van der Waals surface area contributed by atoms with Crippen LogP contribution >= 0.6 is 25.0 Å². The van der Waals surface area contributed by atoms with Crippen LogP contribution in [-0.2, 0) is 4.74 Å². The van der Waals surface area contributed by atoms with Crippen molar-refractivity contribution < 1.29 is 9.84 Å². The predicted molar refractivity (Wildman–Crippen MR) is 73.3 cm³/mol. The smallest absolute Gasteiger partial charge is 0.186 e. The molecule has 7 heteroatoms. The summed E-state index contributed by atoms with van der Waals surface area (Å²) in [7, 11) is 2.93. The Bertz CT molecular complexity index is 411. The molecule has 1 aromatic rings. The summed E-state index contributed by atoms with van der Waals surface area (Å²) in [5, 5.41) is 9.57. The maximum absolute atomic E-state index is 9.57. The van der Waals surface area contributed by atoms with E-state index >= 15 is 0 Å². The van der Waals surface area contributed by atoms with Gasteiger partial charge in [0.15, 0.2) is 5.96 Å². The van der Waals surface area contributed by atoms with Gasteiger partial charge in [-0.15, -0.1) is 0 Å². The number of ether oxygens (including phenoxy) is 1. The van der Waals surface area contributed by atoms with Gasteiger partial charge in [-0.1, -0.05) is 0 Å². The molecule has 5 N–H and O–H groups in total. The van der Waals surface area contributed by atoms with Gasteiger partial charge < -0.3 is 21.3 Å². The summed E-state index contributed by atoms with van der Waals surface area (Å²) >= 11 is 3.26. The number of guanidine groups is 1. The monoisotopic (exact) mass is 319 g/mol. The number of halogens is 1. The predicted octanol–water partition coefficient (Wildman–Crippen LogP) is 1.76. The topological polar surface area (TPSA) is 93.9 Å². The van der Waals surface area contributed by atoms with Gasteiger partial charge in [0.1, 0.15) is 11.9 Å². The third kappa shape index (κ3) is 4.45. The van der Waals surface area contributed by atoms with E-state index in [1.165, 1.54) is 10.2 Å². The fourth-order valence-corrected chi connectivity index (χ4v) is 2.25. The van der Waals surface area contributed by atoms with Crippen LogP contribution < -0.4 is 11.5 Å². The van der Waals surface area contributed by atoms with Crippen LogP contribution in [0.5, 0.6) is 5.75 Å². The lowest BCUT2D eigenvalue weighted by Crippen LogP contribution is -2.24. The Balaban J connectivity index is 2.94. The number of phenolic OH excluding ortho intramolecular Hbond substituents is 1. The quantitative estimate of drug-likeness (QED) is 0.568. The summed E-state index contributed by atoms with van der Waals surface area (Å²) in [6, 6.07) is 5.18. The van der Waals surface area contributed by atoms with E-state index in [-0.39, 0.29) is 17.8 Å². The number of phenols is 1. The van der Waals surface area contributed by atoms with Crippen LogP contribution in [0.3, 0.4) is 0 Å². The lowest BCUT2D eigenvalue weighted by atomic mass is 10.1. The zero-order valence-corrected chi connectivity index (χ0v) is 11.7. The van der Waals surface area contributed by atoms with E-state index in [1.54, 1.807) is 19.2 Å². The minimum Gasteiger partial charge on any atom is -0.508 e. The highest BCUT2D eigenvalue weighted by Crippen LogP contribution is 2.31. The molecule has 0 saturated heterocycles. The number of nitrogens with two attached hydrogens (primary N) is 2. The summed E-state index contributed by atoms with van der Waals surface area (Å²) < 4.78 is 5.29. The molecule has 0 saturated carbocycles. The van der Waals surface area contributed by atoms with E-state index in [0.29, 0.717) is 6.54 Å². The van der Waals surface area contributed by atoms with E-state index in [2.05, 4.69) is 19.8 Å². The molecule has 0 radical (unpaired) electrons. The lowest BCUT2D eigenvalue weighted by molar-refractivity contribution is 0.110. The number of methoxy groups -OCH3 is 1. The number of rotatable bonds is 5. The minimum atomic E-state index is -0.289. The number of nitrogens with zero attached hydrogens (tertiary/aromatic N) is 1. The average Bonchev–Trinajstić information content (AvgIpc) is 2.28. The van der Waals surface area contributed by atoms with Crippen LogP contribution in [0.25, 0.3) is 0 Å². The largest absolute Gasteiger partial charge is 0.508 e. The molecule has 1 atom stereocenters. The molecule has 0 aliphatic rings. The molecule has 0 fully saturated rings. The van der Waals surface area contributed by atoms with Crippen molar-refractivity contribution in [2.75, 3.05) is 13.7 Å². The molecule has 5 nitrogen and oxygen atoms in total. The Kier molecular flexibility index (Phi) is 5.60. The Morgan fingerprint density at radius 1 is 1.53 bits per heavy atom.